The Morgan fingerprint density at radius 3 is 1.62 bits per heavy atom. The van der Waals surface area contributed by atoms with Gasteiger partial charge in [0.1, 0.15) is 0 Å². The number of allylic oxidation sites excluding steroid dienone is 2. The monoisotopic (exact) mass is 497 g/mol. The molecule has 0 nitrogen and oxygen atoms in total. The van der Waals surface area contributed by atoms with E-state index in [-0.39, 0.29) is 0 Å². The Morgan fingerprint density at radius 2 is 1.21 bits per heavy atom. The van der Waals surface area contributed by atoms with Crippen LogP contribution in [0.25, 0.3) is 12.2 Å². The van der Waals surface area contributed by atoms with Gasteiger partial charge in [-0.2, -0.15) is 0 Å². The van der Waals surface area contributed by atoms with Crippen LogP contribution in [-0.2, 0) is 20.6 Å². The van der Waals surface area contributed by atoms with Crippen molar-refractivity contribution in [3.8, 4) is 0 Å². The number of aryl methyl sites for hydroxylation is 2. The quantitative estimate of drug-likeness (QED) is 0.476. The van der Waals surface area contributed by atoms with Crippen LogP contribution in [0.2, 0.25) is 13.1 Å². The van der Waals surface area contributed by atoms with E-state index in [1.54, 1.807) is 11.1 Å². The Balaban J connectivity index is 1.77. The second-order valence-electron chi connectivity index (χ2n) is 7.59. The first kappa shape index (κ1) is 16.5. The molecule has 0 saturated heterocycles. The topological polar surface area (TPSA) is 0 Å². The van der Waals surface area contributed by atoms with Crippen LogP contribution in [0.1, 0.15) is 40.7 Å². The van der Waals surface area contributed by atoms with E-state index in [1.807, 2.05) is 0 Å². The van der Waals surface area contributed by atoms with Crippen molar-refractivity contribution < 1.29 is 20.6 Å². The van der Waals surface area contributed by atoms with Gasteiger partial charge >= 0.3 is 155 Å². The fraction of sp³-hybridized carbons (Fsp3) is 0.273. The first-order valence-corrected chi connectivity index (χ1v) is 22.2. The van der Waals surface area contributed by atoms with E-state index >= 15 is 0 Å². The van der Waals surface area contributed by atoms with Gasteiger partial charge in [0.2, 0.25) is 0 Å². The van der Waals surface area contributed by atoms with Crippen LogP contribution in [0.15, 0.2) is 48.6 Å². The van der Waals surface area contributed by atoms with Crippen LogP contribution >= 0.6 is 0 Å². The normalized spacial score (nSPS) is 20.5. The zero-order valence-corrected chi connectivity index (χ0v) is 19.8. The van der Waals surface area contributed by atoms with Gasteiger partial charge in [-0.25, -0.2) is 0 Å². The van der Waals surface area contributed by atoms with E-state index < -0.39 is 26.6 Å². The number of fused-ring (bicyclic) bond motifs is 2. The maximum atomic E-state index is 2.62. The molecule has 2 heteroatoms. The molecule has 2 atom stereocenters. The summed E-state index contributed by atoms with van der Waals surface area (Å²) >= 11 is -1.87. The summed E-state index contributed by atoms with van der Waals surface area (Å²) in [6.45, 7) is 9.71. The molecule has 0 fully saturated rings. The van der Waals surface area contributed by atoms with Crippen LogP contribution in [0.4, 0.5) is 0 Å². The molecule has 0 N–H and O–H groups in total. The van der Waals surface area contributed by atoms with Gasteiger partial charge in [0, 0.05) is 0 Å². The predicted octanol–water partition coefficient (Wildman–Crippen LogP) is 5.74. The molecule has 0 bridgehead atoms. The Kier molecular flexibility index (Phi) is 4.38. The molecule has 0 radical (unpaired) electrons. The molecule has 2 aliphatic rings. The van der Waals surface area contributed by atoms with Gasteiger partial charge in [-0.05, 0) is 0 Å². The predicted molar refractivity (Wildman–Crippen MR) is 105 cm³/mol. The fourth-order valence-corrected chi connectivity index (χ4v) is 34.1. The van der Waals surface area contributed by atoms with Gasteiger partial charge < -0.3 is 0 Å². The average Bonchev–Trinajstić information content (AvgIpc) is 3.12. The molecule has 0 aliphatic heterocycles. The number of hydrogen-bond acceptors (Lipinski definition) is 0. The van der Waals surface area contributed by atoms with Crippen molar-refractivity contribution in [2.45, 2.75) is 34.3 Å². The molecule has 2 aliphatic carbocycles. The van der Waals surface area contributed by atoms with Crippen molar-refractivity contribution in [3.63, 3.8) is 0 Å². The fourth-order valence-electron chi connectivity index (χ4n) is 4.33. The molecular formula is C22H25HfSi. The molecule has 0 amide bonds. The summed E-state index contributed by atoms with van der Waals surface area (Å²) in [5.41, 5.74) is 9.08. The SMILES string of the molecule is Cc1ccc2c(c1)[CH]([Hf]([CH]1C=Cc3ccc(C)cc31)[SiH](C)C)C=C2. The summed E-state index contributed by atoms with van der Waals surface area (Å²) in [5.74, 6) is -0.630. The van der Waals surface area contributed by atoms with E-state index in [0.29, 0.717) is 0 Å². The summed E-state index contributed by atoms with van der Waals surface area (Å²) in [6, 6.07) is 14.1. The average molecular weight is 496 g/mol. The molecule has 24 heavy (non-hydrogen) atoms. The third kappa shape index (κ3) is 2.78. The molecule has 0 aromatic heterocycles. The molecule has 4 rings (SSSR count). The summed E-state index contributed by atoms with van der Waals surface area (Å²) in [5, 5.41) is 0. The second kappa shape index (κ2) is 6.38. The van der Waals surface area contributed by atoms with Crippen molar-refractivity contribution >= 4 is 18.1 Å². The Hall–Kier alpha value is -0.993. The summed E-state index contributed by atoms with van der Waals surface area (Å²) in [4.78, 5) is 0. The third-order valence-electron chi connectivity index (χ3n) is 5.48. The number of benzene rings is 2. The molecular weight excluding hydrogens is 471 g/mol. The summed E-state index contributed by atoms with van der Waals surface area (Å²) < 4.78 is 1.58. The van der Waals surface area contributed by atoms with E-state index in [9.17, 15) is 0 Å². The molecule has 2 unspecified atom stereocenters. The summed E-state index contributed by atoms with van der Waals surface area (Å²) in [6.07, 6.45) is 9.94. The van der Waals surface area contributed by atoms with Crippen LogP contribution in [0.3, 0.4) is 0 Å². The summed E-state index contributed by atoms with van der Waals surface area (Å²) in [7, 11) is 0. The molecule has 2 aromatic rings. The molecule has 0 saturated carbocycles. The molecule has 2 aromatic carbocycles. The molecule has 121 valence electrons. The van der Waals surface area contributed by atoms with Gasteiger partial charge in [0.05, 0.1) is 0 Å². The van der Waals surface area contributed by atoms with Gasteiger partial charge in [-0.15, -0.1) is 0 Å². The van der Waals surface area contributed by atoms with Gasteiger partial charge in [0.15, 0.2) is 0 Å². The van der Waals surface area contributed by atoms with E-state index in [0.717, 1.165) is 7.35 Å². The van der Waals surface area contributed by atoms with Crippen LogP contribution in [0, 0.1) is 13.8 Å². The Labute approximate surface area is 154 Å². The number of rotatable bonds is 3. The Morgan fingerprint density at radius 1 is 0.750 bits per heavy atom. The maximum absolute atomic E-state index is 2.62. The van der Waals surface area contributed by atoms with Crippen molar-refractivity contribution in [1.29, 1.82) is 0 Å². The van der Waals surface area contributed by atoms with Gasteiger partial charge in [-0.1, -0.05) is 0 Å². The Bertz CT molecular complexity index is 780. The van der Waals surface area contributed by atoms with Crippen molar-refractivity contribution in [2.75, 3.05) is 0 Å². The van der Waals surface area contributed by atoms with E-state index in [2.05, 4.69) is 87.6 Å². The first-order valence-electron chi connectivity index (χ1n) is 8.98. The van der Waals surface area contributed by atoms with Gasteiger partial charge in [-0.3, -0.25) is 0 Å². The van der Waals surface area contributed by atoms with Crippen molar-refractivity contribution in [3.05, 3.63) is 81.9 Å². The first-order chi connectivity index (χ1) is 11.5. The van der Waals surface area contributed by atoms with Crippen LogP contribution in [0.5, 0.6) is 0 Å². The van der Waals surface area contributed by atoms with Crippen LogP contribution < -0.4 is 0 Å². The number of hydrogen-bond donors (Lipinski definition) is 0. The molecule has 0 heterocycles. The second-order valence-corrected chi connectivity index (χ2v) is 35.9. The minimum absolute atomic E-state index is 0.630. The third-order valence-corrected chi connectivity index (χ3v) is 35.8. The molecule has 0 spiro atoms. The van der Waals surface area contributed by atoms with Gasteiger partial charge in [0.25, 0.3) is 0 Å². The van der Waals surface area contributed by atoms with Crippen LogP contribution in [-0.4, -0.2) is 5.98 Å². The van der Waals surface area contributed by atoms with Crippen molar-refractivity contribution in [1.82, 2.24) is 0 Å². The van der Waals surface area contributed by atoms with E-state index in [1.165, 1.54) is 22.3 Å². The van der Waals surface area contributed by atoms with Crippen molar-refractivity contribution in [2.24, 2.45) is 0 Å². The zero-order valence-electron chi connectivity index (χ0n) is 15.0. The van der Waals surface area contributed by atoms with E-state index in [4.69, 9.17) is 0 Å². The minimum atomic E-state index is -1.87. The zero-order chi connectivity index (χ0) is 16.8. The standard InChI is InChI=1S/2C10H9.C2H7Si.Hf/c2*1-8-5-6-9-3-2-4-10(9)7-8;1-3-2;/h2*2-7H,1H3;3H,1-2H3;.